The quantitative estimate of drug-likeness (QED) is 0.0190. The molecule has 0 heterocycles. The van der Waals surface area contributed by atoms with Crippen molar-refractivity contribution in [2.24, 2.45) is 0 Å². The molecule has 0 saturated carbocycles. The van der Waals surface area contributed by atoms with Crippen LogP contribution in [0.15, 0.2) is 122 Å². The second-order valence-corrected chi connectivity index (χ2v) is 14.6. The molecule has 1 aliphatic carbocycles. The molecule has 0 spiro atoms. The van der Waals surface area contributed by atoms with Gasteiger partial charge >= 0.3 is 17.9 Å². The predicted molar refractivity (Wildman–Crippen MR) is 228 cm³/mol. The van der Waals surface area contributed by atoms with Crippen molar-refractivity contribution in [2.45, 2.75) is 58.8 Å². The monoisotopic (exact) mass is 800 g/mol. The van der Waals surface area contributed by atoms with E-state index in [1.165, 1.54) is 6.08 Å². The Morgan fingerprint density at radius 2 is 1.03 bits per heavy atom. The van der Waals surface area contributed by atoms with E-state index in [0.717, 1.165) is 52.0 Å². The molecular formula is C49H52O10. The van der Waals surface area contributed by atoms with Crippen LogP contribution in [0.25, 0.3) is 23.3 Å². The Bertz CT molecular complexity index is 2160. The van der Waals surface area contributed by atoms with Gasteiger partial charge in [0.05, 0.1) is 32.7 Å². The zero-order valence-corrected chi connectivity index (χ0v) is 34.3. The van der Waals surface area contributed by atoms with Gasteiger partial charge in [-0.15, -0.1) is 0 Å². The van der Waals surface area contributed by atoms with Crippen LogP contribution in [0.3, 0.4) is 0 Å². The summed E-state index contributed by atoms with van der Waals surface area (Å²) in [5.41, 5.74) is 6.54. The van der Waals surface area contributed by atoms with Crippen LogP contribution >= 0.6 is 0 Å². The molecular weight excluding hydrogens is 749 g/mol. The van der Waals surface area contributed by atoms with Crippen LogP contribution in [0.4, 0.5) is 0 Å². The molecule has 10 nitrogen and oxygen atoms in total. The molecule has 0 aromatic heterocycles. The fraction of sp³-hybridized carbons (Fsp3) is 0.286. The van der Waals surface area contributed by atoms with Crippen molar-refractivity contribution in [3.8, 4) is 34.1 Å². The zero-order chi connectivity index (χ0) is 42.2. The molecule has 1 aliphatic rings. The highest BCUT2D eigenvalue weighted by Gasteiger charge is 2.36. The van der Waals surface area contributed by atoms with Gasteiger partial charge in [-0.25, -0.2) is 14.4 Å². The summed E-state index contributed by atoms with van der Waals surface area (Å²) in [5.74, 6) is 1.39. The van der Waals surface area contributed by atoms with Gasteiger partial charge in [-0.1, -0.05) is 63.4 Å². The SMILES string of the molecule is C=C(C)C(=O)OCCCCOc1ccc(C=COCOc2ccc3c(c2)C(C)(C)c2cc(OC(=O)C=Cc4ccc(OCCCCOC(=O)C(=C)C)cc4)ccc2-3)cc1. The summed E-state index contributed by atoms with van der Waals surface area (Å²) in [7, 11) is 0. The summed E-state index contributed by atoms with van der Waals surface area (Å²) in [6, 6.07) is 26.8. The van der Waals surface area contributed by atoms with E-state index < -0.39 is 5.97 Å². The van der Waals surface area contributed by atoms with E-state index in [4.69, 9.17) is 33.2 Å². The topological polar surface area (TPSA) is 116 Å². The standard InChI is InChI=1S/C49H52O10/c1-34(2)47(51)56-28-9-7-26-54-38-16-11-36(12-17-38)15-24-46(50)59-41-21-23-43-42-22-20-40(31-44(42)49(5,6)45(43)32-41)58-33-53-30-25-37-13-18-39(19-14-37)55-27-8-10-29-57-48(52)35(3)4/h11-25,30-32H,1,3,7-10,26-29,33H2,2,4-6H3. The van der Waals surface area contributed by atoms with E-state index in [-0.39, 0.29) is 24.1 Å². The molecule has 0 atom stereocenters. The van der Waals surface area contributed by atoms with Gasteiger partial charge in [0.2, 0.25) is 6.79 Å². The van der Waals surface area contributed by atoms with Gasteiger partial charge < -0.3 is 33.2 Å². The molecule has 0 N–H and O–H groups in total. The van der Waals surface area contributed by atoms with Crippen molar-refractivity contribution in [3.63, 3.8) is 0 Å². The van der Waals surface area contributed by atoms with Crippen LogP contribution in [0, 0.1) is 0 Å². The number of unbranched alkanes of at least 4 members (excludes halogenated alkanes) is 2. The fourth-order valence-corrected chi connectivity index (χ4v) is 6.15. The number of fused-ring (bicyclic) bond motifs is 3. The van der Waals surface area contributed by atoms with E-state index >= 15 is 0 Å². The van der Waals surface area contributed by atoms with Crippen LogP contribution < -0.4 is 18.9 Å². The minimum absolute atomic E-state index is 0.0366. The van der Waals surface area contributed by atoms with Gasteiger partial charge in [0.15, 0.2) is 0 Å². The Labute approximate surface area is 346 Å². The average molecular weight is 801 g/mol. The number of carbonyl (C=O) groups is 3. The first-order chi connectivity index (χ1) is 28.4. The zero-order valence-electron chi connectivity index (χ0n) is 34.3. The minimum Gasteiger partial charge on any atom is -0.494 e. The minimum atomic E-state index is -0.481. The van der Waals surface area contributed by atoms with Gasteiger partial charge in [-0.3, -0.25) is 0 Å². The lowest BCUT2D eigenvalue weighted by Crippen LogP contribution is -2.15. The third kappa shape index (κ3) is 13.0. The van der Waals surface area contributed by atoms with Crippen molar-refractivity contribution in [1.82, 2.24) is 0 Å². The number of carbonyl (C=O) groups excluding carboxylic acids is 3. The molecule has 0 fully saturated rings. The summed E-state index contributed by atoms with van der Waals surface area (Å²) >= 11 is 0. The van der Waals surface area contributed by atoms with Crippen LogP contribution in [-0.2, 0) is 34.0 Å². The Morgan fingerprint density at radius 1 is 0.576 bits per heavy atom. The van der Waals surface area contributed by atoms with Crippen LogP contribution in [0.2, 0.25) is 0 Å². The number of ether oxygens (including phenoxy) is 7. The van der Waals surface area contributed by atoms with E-state index in [9.17, 15) is 14.4 Å². The van der Waals surface area contributed by atoms with E-state index in [1.807, 2.05) is 91.0 Å². The highest BCUT2D eigenvalue weighted by atomic mass is 16.7. The smallest absolute Gasteiger partial charge is 0.336 e. The second kappa shape index (κ2) is 21.3. The predicted octanol–water partition coefficient (Wildman–Crippen LogP) is 10.2. The lowest BCUT2D eigenvalue weighted by atomic mass is 9.82. The summed E-state index contributed by atoms with van der Waals surface area (Å²) in [6.45, 7) is 16.4. The molecule has 10 heteroatoms. The van der Waals surface area contributed by atoms with Gasteiger partial charge in [-0.2, -0.15) is 0 Å². The molecule has 0 unspecified atom stereocenters. The van der Waals surface area contributed by atoms with Crippen molar-refractivity contribution >= 4 is 30.1 Å². The normalized spacial score (nSPS) is 12.3. The van der Waals surface area contributed by atoms with E-state index in [2.05, 4.69) is 27.0 Å². The summed E-state index contributed by atoms with van der Waals surface area (Å²) in [4.78, 5) is 35.6. The third-order valence-electron chi connectivity index (χ3n) is 9.44. The molecule has 4 aromatic rings. The highest BCUT2D eigenvalue weighted by molar-refractivity contribution is 5.89. The number of hydrogen-bond donors (Lipinski definition) is 0. The molecule has 0 radical (unpaired) electrons. The summed E-state index contributed by atoms with van der Waals surface area (Å²) in [5, 5.41) is 0. The van der Waals surface area contributed by atoms with E-state index in [0.29, 0.717) is 67.7 Å². The first-order valence-corrected chi connectivity index (χ1v) is 19.6. The highest BCUT2D eigenvalue weighted by Crippen LogP contribution is 2.50. The first-order valence-electron chi connectivity index (χ1n) is 19.6. The Kier molecular flexibility index (Phi) is 15.7. The van der Waals surface area contributed by atoms with Crippen LogP contribution in [-0.4, -0.2) is 51.1 Å². The maximum Gasteiger partial charge on any atom is 0.336 e. The average Bonchev–Trinajstić information content (AvgIpc) is 3.44. The lowest BCUT2D eigenvalue weighted by molar-refractivity contribution is -0.139. The van der Waals surface area contributed by atoms with Gasteiger partial charge in [0.1, 0.15) is 23.0 Å². The lowest BCUT2D eigenvalue weighted by Gasteiger charge is -2.22. The third-order valence-corrected chi connectivity index (χ3v) is 9.44. The molecule has 0 aliphatic heterocycles. The van der Waals surface area contributed by atoms with Crippen molar-refractivity contribution in [2.75, 3.05) is 33.2 Å². The van der Waals surface area contributed by atoms with Crippen molar-refractivity contribution in [1.29, 1.82) is 0 Å². The number of rotatable bonds is 22. The molecule has 59 heavy (non-hydrogen) atoms. The molecule has 308 valence electrons. The van der Waals surface area contributed by atoms with Gasteiger partial charge in [0.25, 0.3) is 0 Å². The summed E-state index contributed by atoms with van der Waals surface area (Å²) in [6.07, 6.45) is 9.47. The Balaban J connectivity index is 1.03. The van der Waals surface area contributed by atoms with Gasteiger partial charge in [0, 0.05) is 22.6 Å². The largest absolute Gasteiger partial charge is 0.494 e. The van der Waals surface area contributed by atoms with Crippen LogP contribution in [0.5, 0.6) is 23.0 Å². The molecule has 0 amide bonds. The number of benzene rings is 4. The molecule has 5 rings (SSSR count). The maximum absolute atomic E-state index is 12.8. The van der Waals surface area contributed by atoms with Gasteiger partial charge in [-0.05, 0) is 134 Å². The number of hydrogen-bond acceptors (Lipinski definition) is 10. The van der Waals surface area contributed by atoms with Crippen molar-refractivity contribution < 1.29 is 47.5 Å². The summed E-state index contributed by atoms with van der Waals surface area (Å²) < 4.78 is 39.0. The molecule has 0 saturated heterocycles. The second-order valence-electron chi connectivity index (χ2n) is 14.6. The molecule has 4 aromatic carbocycles. The number of esters is 3. The Morgan fingerprint density at radius 3 is 1.56 bits per heavy atom. The maximum atomic E-state index is 12.8. The van der Waals surface area contributed by atoms with Crippen LogP contribution in [0.1, 0.15) is 75.6 Å². The Hall–Kier alpha value is -6.55. The van der Waals surface area contributed by atoms with Crippen molar-refractivity contribution in [3.05, 3.63) is 144 Å². The molecule has 0 bridgehead atoms. The fourth-order valence-electron chi connectivity index (χ4n) is 6.15. The first kappa shape index (κ1) is 43.6. The van der Waals surface area contributed by atoms with E-state index in [1.54, 1.807) is 26.2 Å².